The molecule has 172 valence electrons. The Labute approximate surface area is 204 Å². The summed E-state index contributed by atoms with van der Waals surface area (Å²) in [6.07, 6.45) is 0. The highest BCUT2D eigenvalue weighted by molar-refractivity contribution is 5.70. The van der Waals surface area contributed by atoms with E-state index in [1.165, 1.54) is 0 Å². The van der Waals surface area contributed by atoms with Crippen LogP contribution in [0.2, 0.25) is 0 Å². The first kappa shape index (κ1) is 22.1. The smallest absolute Gasteiger partial charge is 0.122 e. The molecular formula is C31H26N2O2. The highest BCUT2D eigenvalue weighted by Crippen LogP contribution is 2.51. The molecule has 0 saturated carbocycles. The van der Waals surface area contributed by atoms with E-state index in [9.17, 15) is 10.2 Å². The zero-order valence-electron chi connectivity index (χ0n) is 19.1. The second-order valence-corrected chi connectivity index (χ2v) is 8.61. The van der Waals surface area contributed by atoms with Crippen molar-refractivity contribution in [3.63, 3.8) is 0 Å². The van der Waals surface area contributed by atoms with Crippen molar-refractivity contribution in [2.45, 2.75) is 5.41 Å². The van der Waals surface area contributed by atoms with Gasteiger partial charge < -0.3 is 21.7 Å². The van der Waals surface area contributed by atoms with Gasteiger partial charge in [0.05, 0.1) is 5.41 Å². The molecule has 0 saturated heterocycles. The minimum atomic E-state index is -1.04. The summed E-state index contributed by atoms with van der Waals surface area (Å²) in [4.78, 5) is 0. The third-order valence-corrected chi connectivity index (χ3v) is 6.48. The molecule has 0 unspecified atom stereocenters. The Hall–Kier alpha value is -4.70. The summed E-state index contributed by atoms with van der Waals surface area (Å²) in [5, 5.41) is 22.4. The quantitative estimate of drug-likeness (QED) is 0.183. The van der Waals surface area contributed by atoms with Gasteiger partial charge in [-0.3, -0.25) is 0 Å². The minimum absolute atomic E-state index is 0.0391. The number of hydrogen-bond acceptors (Lipinski definition) is 4. The van der Waals surface area contributed by atoms with Crippen molar-refractivity contribution in [1.29, 1.82) is 0 Å². The summed E-state index contributed by atoms with van der Waals surface area (Å²) in [5.74, 6) is 0.0782. The van der Waals surface area contributed by atoms with Gasteiger partial charge in [-0.15, -0.1) is 0 Å². The van der Waals surface area contributed by atoms with E-state index in [0.717, 1.165) is 22.3 Å². The van der Waals surface area contributed by atoms with Gasteiger partial charge in [-0.05, 0) is 34.4 Å². The monoisotopic (exact) mass is 458 g/mol. The predicted octanol–water partition coefficient (Wildman–Crippen LogP) is 6.31. The Morgan fingerprint density at radius 2 is 0.886 bits per heavy atom. The van der Waals surface area contributed by atoms with Gasteiger partial charge in [0.2, 0.25) is 0 Å². The standard InChI is InChI=1S/C31H26N2O2/c32-25-15-17-27(29(34)19-25)31(23-9-5-2-6-10-23,28-18-16-26(33)20-30(28)35)24-13-11-22(12-14-24)21-7-3-1-4-8-21/h1-20,34-35H,32-33H2. The largest absolute Gasteiger partial charge is 0.508 e. The minimum Gasteiger partial charge on any atom is -0.508 e. The molecule has 35 heavy (non-hydrogen) atoms. The van der Waals surface area contributed by atoms with Crippen LogP contribution in [0.3, 0.4) is 0 Å². The summed E-state index contributed by atoms with van der Waals surface area (Å²) in [7, 11) is 0. The van der Waals surface area contributed by atoms with Gasteiger partial charge in [0.15, 0.2) is 0 Å². The SMILES string of the molecule is Nc1ccc(C(c2ccccc2)(c2ccc(-c3ccccc3)cc2)c2ccc(N)cc2O)c(O)c1. The molecule has 0 aliphatic heterocycles. The van der Waals surface area contributed by atoms with Gasteiger partial charge in [-0.25, -0.2) is 0 Å². The summed E-state index contributed by atoms with van der Waals surface area (Å²) in [5.41, 5.74) is 17.0. The summed E-state index contributed by atoms with van der Waals surface area (Å²) in [6, 6.07) is 38.4. The van der Waals surface area contributed by atoms with E-state index in [0.29, 0.717) is 22.5 Å². The number of phenolic OH excluding ortho intramolecular Hbond substituents is 2. The Morgan fingerprint density at radius 1 is 0.457 bits per heavy atom. The molecule has 0 fully saturated rings. The van der Waals surface area contributed by atoms with Crippen LogP contribution in [-0.4, -0.2) is 10.2 Å². The molecule has 6 N–H and O–H groups in total. The average molecular weight is 459 g/mol. The molecule has 0 atom stereocenters. The molecule has 0 amide bonds. The number of rotatable bonds is 5. The lowest BCUT2D eigenvalue weighted by molar-refractivity contribution is 0.447. The first-order valence-corrected chi connectivity index (χ1v) is 11.4. The van der Waals surface area contributed by atoms with Crippen LogP contribution in [0.25, 0.3) is 11.1 Å². The van der Waals surface area contributed by atoms with Gasteiger partial charge in [-0.1, -0.05) is 97.1 Å². The lowest BCUT2D eigenvalue weighted by atomic mass is 9.64. The first-order valence-electron chi connectivity index (χ1n) is 11.4. The van der Waals surface area contributed by atoms with Gasteiger partial charge in [0.25, 0.3) is 0 Å². The van der Waals surface area contributed by atoms with Crippen LogP contribution < -0.4 is 11.5 Å². The number of phenols is 2. The van der Waals surface area contributed by atoms with Crippen LogP contribution in [0.5, 0.6) is 11.5 Å². The lowest BCUT2D eigenvalue weighted by Gasteiger charge is -2.37. The molecule has 4 nitrogen and oxygen atoms in total. The third kappa shape index (κ3) is 3.85. The fourth-order valence-electron chi connectivity index (χ4n) is 4.90. The zero-order chi connectivity index (χ0) is 24.4. The van der Waals surface area contributed by atoms with Crippen molar-refractivity contribution >= 4 is 11.4 Å². The Bertz CT molecular complexity index is 1410. The molecule has 0 aliphatic carbocycles. The predicted molar refractivity (Wildman–Crippen MR) is 142 cm³/mol. The highest BCUT2D eigenvalue weighted by Gasteiger charge is 2.42. The van der Waals surface area contributed by atoms with E-state index < -0.39 is 5.41 Å². The Balaban J connectivity index is 1.86. The fraction of sp³-hybridized carbons (Fsp3) is 0.0323. The molecule has 5 aromatic carbocycles. The van der Waals surface area contributed by atoms with Crippen molar-refractivity contribution < 1.29 is 10.2 Å². The molecule has 0 aliphatic rings. The third-order valence-electron chi connectivity index (χ3n) is 6.48. The summed E-state index contributed by atoms with van der Waals surface area (Å²) in [6.45, 7) is 0. The van der Waals surface area contributed by atoms with E-state index in [4.69, 9.17) is 11.5 Å². The summed E-state index contributed by atoms with van der Waals surface area (Å²) < 4.78 is 0. The van der Waals surface area contributed by atoms with E-state index in [-0.39, 0.29) is 11.5 Å². The van der Waals surface area contributed by atoms with Crippen LogP contribution in [-0.2, 0) is 5.41 Å². The normalized spacial score (nSPS) is 11.3. The van der Waals surface area contributed by atoms with Crippen molar-refractivity contribution in [3.8, 4) is 22.6 Å². The molecule has 0 spiro atoms. The average Bonchev–Trinajstić information content (AvgIpc) is 2.88. The lowest BCUT2D eigenvalue weighted by Crippen LogP contribution is -2.31. The van der Waals surface area contributed by atoms with Crippen molar-refractivity contribution in [3.05, 3.63) is 144 Å². The van der Waals surface area contributed by atoms with E-state index in [1.807, 2.05) is 72.8 Å². The molecule has 0 radical (unpaired) electrons. The number of nitrogen functional groups attached to an aromatic ring is 2. The van der Waals surface area contributed by atoms with E-state index in [1.54, 1.807) is 24.3 Å². The van der Waals surface area contributed by atoms with Crippen molar-refractivity contribution in [2.75, 3.05) is 11.5 Å². The van der Waals surface area contributed by atoms with Crippen LogP contribution >= 0.6 is 0 Å². The highest BCUT2D eigenvalue weighted by atomic mass is 16.3. The van der Waals surface area contributed by atoms with Crippen molar-refractivity contribution in [1.82, 2.24) is 0 Å². The summed E-state index contributed by atoms with van der Waals surface area (Å²) >= 11 is 0. The van der Waals surface area contributed by atoms with Gasteiger partial charge in [0.1, 0.15) is 11.5 Å². The number of benzene rings is 5. The van der Waals surface area contributed by atoms with E-state index >= 15 is 0 Å². The van der Waals surface area contributed by atoms with Crippen LogP contribution in [0.15, 0.2) is 121 Å². The first-order chi connectivity index (χ1) is 17.0. The number of aromatic hydroxyl groups is 2. The van der Waals surface area contributed by atoms with Crippen molar-refractivity contribution in [2.24, 2.45) is 0 Å². The molecule has 0 heterocycles. The Kier molecular flexibility index (Phi) is 5.63. The maximum Gasteiger partial charge on any atom is 0.122 e. The molecular weight excluding hydrogens is 432 g/mol. The van der Waals surface area contributed by atoms with Gasteiger partial charge >= 0.3 is 0 Å². The fourth-order valence-corrected chi connectivity index (χ4v) is 4.90. The second kappa shape index (κ2) is 8.92. The molecule has 4 heteroatoms. The number of hydrogen-bond donors (Lipinski definition) is 4. The Morgan fingerprint density at radius 3 is 1.37 bits per heavy atom. The zero-order valence-corrected chi connectivity index (χ0v) is 19.1. The molecule has 0 aromatic heterocycles. The molecule has 0 bridgehead atoms. The number of anilines is 2. The maximum absolute atomic E-state index is 11.2. The second-order valence-electron chi connectivity index (χ2n) is 8.61. The van der Waals surface area contributed by atoms with Gasteiger partial charge in [-0.2, -0.15) is 0 Å². The number of nitrogens with two attached hydrogens (primary N) is 2. The van der Waals surface area contributed by atoms with Crippen LogP contribution in [0.4, 0.5) is 11.4 Å². The van der Waals surface area contributed by atoms with Crippen LogP contribution in [0.1, 0.15) is 22.3 Å². The van der Waals surface area contributed by atoms with E-state index in [2.05, 4.69) is 24.3 Å². The van der Waals surface area contributed by atoms with Crippen LogP contribution in [0, 0.1) is 0 Å². The topological polar surface area (TPSA) is 92.5 Å². The maximum atomic E-state index is 11.2. The molecule has 5 aromatic rings. The van der Waals surface area contributed by atoms with Gasteiger partial charge in [0, 0.05) is 34.6 Å². The molecule has 5 rings (SSSR count).